The van der Waals surface area contributed by atoms with Gasteiger partial charge < -0.3 is 28.7 Å². The summed E-state index contributed by atoms with van der Waals surface area (Å²) in [6, 6.07) is 3.20. The lowest BCUT2D eigenvalue weighted by atomic mass is 10.1. The van der Waals surface area contributed by atoms with Gasteiger partial charge in [0.2, 0.25) is 5.75 Å². The standard InChI is InChI=1S/C18H28N2O6/c1-19(2)9-10-20(8-7-16(21)25-5)18(22)13-11-14(23-3)17(26-6)15(12-13)24-4/h11-12H,7-10H2,1-6H3. The van der Waals surface area contributed by atoms with Gasteiger partial charge in [-0.3, -0.25) is 9.59 Å². The lowest BCUT2D eigenvalue weighted by molar-refractivity contribution is -0.140. The number of likely N-dealkylation sites (N-methyl/N-ethyl adjacent to an activating group) is 1. The molecule has 0 aliphatic heterocycles. The van der Waals surface area contributed by atoms with E-state index in [2.05, 4.69) is 4.74 Å². The van der Waals surface area contributed by atoms with Gasteiger partial charge in [-0.05, 0) is 26.2 Å². The predicted octanol–water partition coefficient (Wildman–Crippen LogP) is 1.28. The van der Waals surface area contributed by atoms with Crippen LogP contribution in [0.25, 0.3) is 0 Å². The molecule has 0 saturated heterocycles. The highest BCUT2D eigenvalue weighted by Crippen LogP contribution is 2.38. The third-order valence-electron chi connectivity index (χ3n) is 3.83. The van der Waals surface area contributed by atoms with Gasteiger partial charge in [0.25, 0.3) is 5.91 Å². The molecule has 0 heterocycles. The summed E-state index contributed by atoms with van der Waals surface area (Å²) in [5.41, 5.74) is 0.392. The zero-order chi connectivity index (χ0) is 19.7. The van der Waals surface area contributed by atoms with E-state index in [1.807, 2.05) is 19.0 Å². The van der Waals surface area contributed by atoms with Crippen molar-refractivity contribution < 1.29 is 28.5 Å². The quantitative estimate of drug-likeness (QED) is 0.576. The second-order valence-electron chi connectivity index (χ2n) is 5.84. The van der Waals surface area contributed by atoms with E-state index in [0.29, 0.717) is 35.9 Å². The van der Waals surface area contributed by atoms with Crippen LogP contribution < -0.4 is 14.2 Å². The minimum atomic E-state index is -0.363. The van der Waals surface area contributed by atoms with E-state index in [4.69, 9.17) is 14.2 Å². The second-order valence-corrected chi connectivity index (χ2v) is 5.84. The van der Waals surface area contributed by atoms with Crippen LogP contribution in [-0.4, -0.2) is 83.8 Å². The monoisotopic (exact) mass is 368 g/mol. The Morgan fingerprint density at radius 3 is 1.88 bits per heavy atom. The van der Waals surface area contributed by atoms with Gasteiger partial charge in [-0.2, -0.15) is 0 Å². The van der Waals surface area contributed by atoms with Crippen molar-refractivity contribution in [2.75, 3.05) is 62.2 Å². The number of carbonyl (C=O) groups is 2. The number of nitrogens with zero attached hydrogens (tertiary/aromatic N) is 2. The van der Waals surface area contributed by atoms with Crippen LogP contribution in [0, 0.1) is 0 Å². The Morgan fingerprint density at radius 1 is 0.885 bits per heavy atom. The summed E-state index contributed by atoms with van der Waals surface area (Å²) < 4.78 is 20.6. The van der Waals surface area contributed by atoms with Crippen molar-refractivity contribution in [3.05, 3.63) is 17.7 Å². The average molecular weight is 368 g/mol. The van der Waals surface area contributed by atoms with Crippen molar-refractivity contribution in [3.63, 3.8) is 0 Å². The van der Waals surface area contributed by atoms with Crippen LogP contribution in [0.3, 0.4) is 0 Å². The van der Waals surface area contributed by atoms with Crippen molar-refractivity contribution >= 4 is 11.9 Å². The first-order chi connectivity index (χ1) is 12.4. The zero-order valence-electron chi connectivity index (χ0n) is 16.3. The Kier molecular flexibility index (Phi) is 8.71. The number of benzene rings is 1. The smallest absolute Gasteiger partial charge is 0.307 e. The number of carbonyl (C=O) groups excluding carboxylic acids is 2. The maximum Gasteiger partial charge on any atom is 0.307 e. The molecule has 1 aromatic carbocycles. The Bertz CT molecular complexity index is 593. The minimum Gasteiger partial charge on any atom is -0.493 e. The largest absolute Gasteiger partial charge is 0.493 e. The topological polar surface area (TPSA) is 77.5 Å². The molecule has 0 spiro atoms. The van der Waals surface area contributed by atoms with E-state index in [1.54, 1.807) is 17.0 Å². The minimum absolute atomic E-state index is 0.125. The van der Waals surface area contributed by atoms with E-state index in [0.717, 1.165) is 0 Å². The highest BCUT2D eigenvalue weighted by Gasteiger charge is 2.22. The lowest BCUT2D eigenvalue weighted by Crippen LogP contribution is -2.38. The van der Waals surface area contributed by atoms with Gasteiger partial charge in [0, 0.05) is 25.2 Å². The molecular formula is C18H28N2O6. The Morgan fingerprint density at radius 2 is 1.46 bits per heavy atom. The summed E-state index contributed by atoms with van der Waals surface area (Å²) in [5, 5.41) is 0. The van der Waals surface area contributed by atoms with Crippen LogP contribution in [-0.2, 0) is 9.53 Å². The van der Waals surface area contributed by atoms with Crippen molar-refractivity contribution in [1.29, 1.82) is 0 Å². The fourth-order valence-corrected chi connectivity index (χ4v) is 2.35. The third-order valence-corrected chi connectivity index (χ3v) is 3.83. The Labute approximate surface area is 154 Å². The van der Waals surface area contributed by atoms with E-state index in [-0.39, 0.29) is 24.8 Å². The maximum absolute atomic E-state index is 13.0. The van der Waals surface area contributed by atoms with E-state index in [9.17, 15) is 9.59 Å². The summed E-state index contributed by atoms with van der Waals surface area (Å²) in [6.45, 7) is 1.40. The number of amides is 1. The zero-order valence-corrected chi connectivity index (χ0v) is 16.3. The first-order valence-electron chi connectivity index (χ1n) is 8.18. The van der Waals surface area contributed by atoms with Crippen molar-refractivity contribution in [3.8, 4) is 17.2 Å². The highest BCUT2D eigenvalue weighted by molar-refractivity contribution is 5.96. The molecule has 1 aromatic rings. The molecule has 0 aliphatic carbocycles. The third kappa shape index (κ3) is 5.80. The van der Waals surface area contributed by atoms with Gasteiger partial charge in [0.05, 0.1) is 34.9 Å². The lowest BCUT2D eigenvalue weighted by Gasteiger charge is -2.25. The van der Waals surface area contributed by atoms with Gasteiger partial charge in [0.15, 0.2) is 11.5 Å². The molecule has 0 unspecified atom stereocenters. The second kappa shape index (κ2) is 10.5. The molecule has 0 atom stereocenters. The van der Waals surface area contributed by atoms with E-state index in [1.165, 1.54) is 28.4 Å². The molecule has 0 saturated carbocycles. The Hall–Kier alpha value is -2.48. The summed E-state index contributed by atoms with van der Waals surface area (Å²) in [7, 11) is 9.65. The molecule has 0 bridgehead atoms. The van der Waals surface area contributed by atoms with Gasteiger partial charge >= 0.3 is 5.97 Å². The number of esters is 1. The number of ether oxygens (including phenoxy) is 4. The van der Waals surface area contributed by atoms with Crippen LogP contribution in [0.1, 0.15) is 16.8 Å². The predicted molar refractivity (Wildman–Crippen MR) is 97.2 cm³/mol. The molecule has 146 valence electrons. The molecule has 8 heteroatoms. The Balaban J connectivity index is 3.13. The summed E-state index contributed by atoms with van der Waals surface area (Å²) in [5.74, 6) is 0.625. The van der Waals surface area contributed by atoms with Gasteiger partial charge in [-0.25, -0.2) is 0 Å². The number of hydrogen-bond donors (Lipinski definition) is 0. The van der Waals surface area contributed by atoms with Crippen LogP contribution in [0.15, 0.2) is 12.1 Å². The summed E-state index contributed by atoms with van der Waals surface area (Å²) in [4.78, 5) is 28.0. The van der Waals surface area contributed by atoms with Gasteiger partial charge in [0.1, 0.15) is 0 Å². The van der Waals surface area contributed by atoms with Crippen molar-refractivity contribution in [1.82, 2.24) is 9.80 Å². The molecule has 1 rings (SSSR count). The normalized spacial score (nSPS) is 10.4. The molecule has 1 amide bonds. The van der Waals surface area contributed by atoms with Crippen LogP contribution >= 0.6 is 0 Å². The van der Waals surface area contributed by atoms with Crippen molar-refractivity contribution in [2.24, 2.45) is 0 Å². The highest BCUT2D eigenvalue weighted by atomic mass is 16.5. The van der Waals surface area contributed by atoms with Crippen LogP contribution in [0.5, 0.6) is 17.2 Å². The molecule has 26 heavy (non-hydrogen) atoms. The fraction of sp³-hybridized carbons (Fsp3) is 0.556. The molecule has 0 aromatic heterocycles. The van der Waals surface area contributed by atoms with Crippen molar-refractivity contribution in [2.45, 2.75) is 6.42 Å². The molecule has 8 nitrogen and oxygen atoms in total. The first kappa shape index (κ1) is 21.6. The van der Waals surface area contributed by atoms with Crippen LogP contribution in [0.2, 0.25) is 0 Å². The molecule has 0 N–H and O–H groups in total. The number of hydrogen-bond acceptors (Lipinski definition) is 7. The van der Waals surface area contributed by atoms with E-state index >= 15 is 0 Å². The fourth-order valence-electron chi connectivity index (χ4n) is 2.35. The summed E-state index contributed by atoms with van der Waals surface area (Å²) >= 11 is 0. The van der Waals surface area contributed by atoms with Crippen LogP contribution in [0.4, 0.5) is 0 Å². The number of rotatable bonds is 10. The molecule has 0 fully saturated rings. The molecule has 0 aliphatic rings. The summed E-state index contributed by atoms with van der Waals surface area (Å²) in [6.07, 6.45) is 0.125. The van der Waals surface area contributed by atoms with E-state index < -0.39 is 0 Å². The average Bonchev–Trinajstić information content (AvgIpc) is 2.65. The first-order valence-corrected chi connectivity index (χ1v) is 8.18. The molecule has 0 radical (unpaired) electrons. The van der Waals surface area contributed by atoms with Gasteiger partial charge in [-0.1, -0.05) is 0 Å². The maximum atomic E-state index is 13.0. The SMILES string of the molecule is COC(=O)CCN(CCN(C)C)C(=O)c1cc(OC)c(OC)c(OC)c1. The van der Waals surface area contributed by atoms with Gasteiger partial charge in [-0.15, -0.1) is 0 Å². The number of methoxy groups -OCH3 is 4. The molecular weight excluding hydrogens is 340 g/mol.